The van der Waals surface area contributed by atoms with Gasteiger partial charge in [0.1, 0.15) is 11.4 Å². The second-order valence-electron chi connectivity index (χ2n) is 3.97. The summed E-state index contributed by atoms with van der Waals surface area (Å²) in [6.45, 7) is 1.96. The monoisotopic (exact) mass is 242 g/mol. The van der Waals surface area contributed by atoms with Crippen LogP contribution in [0.1, 0.15) is 11.1 Å². The van der Waals surface area contributed by atoms with Crippen molar-refractivity contribution >= 4 is 17.2 Å². The quantitative estimate of drug-likeness (QED) is 0.547. The molecule has 0 unspecified atom stereocenters. The number of amidine groups is 1. The zero-order valence-electron chi connectivity index (χ0n) is 9.97. The number of nitrogens with one attached hydrogen (secondary N) is 1. The van der Waals surface area contributed by atoms with Crippen LogP contribution in [0.15, 0.2) is 46.3 Å². The molecule has 0 aliphatic rings. The number of nitrogens with two attached hydrogens (primary N) is 2. The molecule has 5 heteroatoms. The average molecular weight is 242 g/mol. The Hall–Kier alpha value is -2.56. The fourth-order valence-electron chi connectivity index (χ4n) is 1.65. The number of aliphatic imine (C=N–C) groups is 1. The zero-order chi connectivity index (χ0) is 13.1. The van der Waals surface area contributed by atoms with E-state index in [9.17, 15) is 4.79 Å². The Kier molecular flexibility index (Phi) is 3.14. The number of hydrogen-bond acceptors (Lipinski definition) is 3. The van der Waals surface area contributed by atoms with E-state index in [1.54, 1.807) is 6.07 Å². The first kappa shape index (κ1) is 11.9. The number of hydrogen-bond donors (Lipinski definition) is 3. The van der Waals surface area contributed by atoms with Crippen molar-refractivity contribution in [3.63, 3.8) is 0 Å². The second-order valence-corrected chi connectivity index (χ2v) is 3.97. The van der Waals surface area contributed by atoms with Crippen LogP contribution >= 0.6 is 0 Å². The first-order valence-corrected chi connectivity index (χ1v) is 5.46. The van der Waals surface area contributed by atoms with Gasteiger partial charge in [-0.25, -0.2) is 4.99 Å². The van der Waals surface area contributed by atoms with E-state index in [1.807, 2.05) is 31.2 Å². The summed E-state index contributed by atoms with van der Waals surface area (Å²) in [6, 6.07) is 9.10. The molecule has 0 fully saturated rings. The summed E-state index contributed by atoms with van der Waals surface area (Å²) in [5.74, 6) is 0.111. The number of anilines is 1. The summed E-state index contributed by atoms with van der Waals surface area (Å²) in [6.07, 6.45) is 1.47. The lowest BCUT2D eigenvalue weighted by molar-refractivity contribution is 1.22. The highest BCUT2D eigenvalue weighted by atomic mass is 16.1. The van der Waals surface area contributed by atoms with Crippen LogP contribution in [-0.2, 0) is 0 Å². The minimum absolute atomic E-state index is 0.111. The molecule has 2 rings (SSSR count). The Bertz CT molecular complexity index is 658. The van der Waals surface area contributed by atoms with E-state index in [1.165, 1.54) is 6.20 Å². The fourth-order valence-corrected chi connectivity index (χ4v) is 1.65. The van der Waals surface area contributed by atoms with Crippen LogP contribution in [0.4, 0.5) is 11.4 Å². The summed E-state index contributed by atoms with van der Waals surface area (Å²) in [4.78, 5) is 18.4. The smallest absolute Gasteiger partial charge is 0.261 e. The van der Waals surface area contributed by atoms with E-state index in [0.717, 1.165) is 5.56 Å². The van der Waals surface area contributed by atoms with E-state index in [-0.39, 0.29) is 17.0 Å². The Morgan fingerprint density at radius 1 is 1.33 bits per heavy atom. The molecule has 0 aliphatic carbocycles. The largest absolute Gasteiger partial charge is 0.398 e. The van der Waals surface area contributed by atoms with Crippen LogP contribution in [0.2, 0.25) is 0 Å². The van der Waals surface area contributed by atoms with Gasteiger partial charge in [-0.3, -0.25) is 4.79 Å². The fraction of sp³-hybridized carbons (Fsp3) is 0.0769. The third-order valence-corrected chi connectivity index (χ3v) is 2.50. The number of benzene rings is 1. The predicted molar refractivity (Wildman–Crippen MR) is 73.0 cm³/mol. The van der Waals surface area contributed by atoms with Gasteiger partial charge >= 0.3 is 0 Å². The van der Waals surface area contributed by atoms with Crippen molar-refractivity contribution in [2.24, 2.45) is 10.7 Å². The lowest BCUT2D eigenvalue weighted by Crippen LogP contribution is -2.25. The van der Waals surface area contributed by atoms with Gasteiger partial charge in [-0.05, 0) is 30.7 Å². The molecule has 18 heavy (non-hydrogen) atoms. The predicted octanol–water partition coefficient (Wildman–Crippen LogP) is 1.30. The molecule has 0 spiro atoms. The summed E-state index contributed by atoms with van der Waals surface area (Å²) in [5, 5.41) is 0. The maximum atomic E-state index is 11.6. The molecule has 2 aromatic rings. The van der Waals surface area contributed by atoms with Gasteiger partial charge in [0.25, 0.3) is 5.56 Å². The van der Waals surface area contributed by atoms with E-state index in [2.05, 4.69) is 9.98 Å². The number of aromatic amines is 1. The Balaban J connectivity index is 2.49. The highest BCUT2D eigenvalue weighted by Crippen LogP contribution is 2.15. The number of rotatable bonds is 2. The molecule has 0 aliphatic heterocycles. The highest BCUT2D eigenvalue weighted by Gasteiger charge is 2.08. The normalized spacial score (nSPS) is 11.5. The third kappa shape index (κ3) is 2.40. The Morgan fingerprint density at radius 2 is 2.11 bits per heavy atom. The molecule has 0 saturated carbocycles. The van der Waals surface area contributed by atoms with Crippen molar-refractivity contribution in [1.82, 2.24) is 4.98 Å². The molecule has 1 aromatic carbocycles. The highest BCUT2D eigenvalue weighted by molar-refractivity contribution is 6.02. The minimum atomic E-state index is -0.344. The van der Waals surface area contributed by atoms with E-state index < -0.39 is 0 Å². The summed E-state index contributed by atoms with van der Waals surface area (Å²) < 4.78 is 0. The van der Waals surface area contributed by atoms with Crippen molar-refractivity contribution in [2.75, 3.05) is 5.73 Å². The molecule has 5 nitrogen and oxygen atoms in total. The third-order valence-electron chi connectivity index (χ3n) is 2.50. The zero-order valence-corrected chi connectivity index (χ0v) is 9.97. The lowest BCUT2D eigenvalue weighted by Gasteiger charge is -2.03. The number of nitrogen functional groups attached to an aromatic ring is 1. The van der Waals surface area contributed by atoms with Crippen molar-refractivity contribution in [2.45, 2.75) is 6.92 Å². The summed E-state index contributed by atoms with van der Waals surface area (Å²) in [5.41, 5.74) is 13.5. The van der Waals surface area contributed by atoms with Gasteiger partial charge < -0.3 is 16.5 Å². The molecule has 0 saturated heterocycles. The maximum absolute atomic E-state index is 11.6. The van der Waals surface area contributed by atoms with Gasteiger partial charge in [-0.1, -0.05) is 12.1 Å². The number of H-pyrrole nitrogens is 1. The number of aromatic nitrogens is 1. The van der Waals surface area contributed by atoms with Crippen molar-refractivity contribution in [1.29, 1.82) is 0 Å². The topological polar surface area (TPSA) is 97.3 Å². The molecular weight excluding hydrogens is 228 g/mol. The van der Waals surface area contributed by atoms with E-state index in [4.69, 9.17) is 11.5 Å². The van der Waals surface area contributed by atoms with Crippen LogP contribution in [0, 0.1) is 6.92 Å². The first-order chi connectivity index (χ1) is 8.58. The van der Waals surface area contributed by atoms with Crippen LogP contribution in [0.25, 0.3) is 0 Å². The van der Waals surface area contributed by atoms with Gasteiger partial charge in [-0.15, -0.1) is 0 Å². The van der Waals surface area contributed by atoms with Crippen LogP contribution in [0.3, 0.4) is 0 Å². The maximum Gasteiger partial charge on any atom is 0.261 e. The Labute approximate surface area is 104 Å². The number of aryl methyl sites for hydroxylation is 1. The minimum Gasteiger partial charge on any atom is -0.398 e. The van der Waals surface area contributed by atoms with Gasteiger partial charge in [0, 0.05) is 11.9 Å². The molecule has 0 bridgehead atoms. The van der Waals surface area contributed by atoms with E-state index >= 15 is 0 Å². The van der Waals surface area contributed by atoms with Crippen LogP contribution < -0.4 is 17.0 Å². The standard InChI is InChI=1S/C13H14N4O/c1-8-3-2-4-9(7-8)17-12(15)11-10(14)5-6-16-13(11)18/h2-7H,1H3,(H2,15,17)(H3,14,16,18). The SMILES string of the molecule is Cc1cccc(N=C(N)c2c(N)cc[nH]c2=O)c1. The van der Waals surface area contributed by atoms with Crippen LogP contribution in [-0.4, -0.2) is 10.8 Å². The molecule has 0 radical (unpaired) electrons. The average Bonchev–Trinajstić information content (AvgIpc) is 2.28. The van der Waals surface area contributed by atoms with Crippen LogP contribution in [0.5, 0.6) is 0 Å². The van der Waals surface area contributed by atoms with Gasteiger partial charge in [0.05, 0.1) is 5.69 Å². The molecule has 1 aromatic heterocycles. The lowest BCUT2D eigenvalue weighted by atomic mass is 10.2. The molecular formula is C13H14N4O. The molecule has 0 amide bonds. The Morgan fingerprint density at radius 3 is 2.78 bits per heavy atom. The molecule has 5 N–H and O–H groups in total. The molecule has 92 valence electrons. The first-order valence-electron chi connectivity index (χ1n) is 5.46. The van der Waals surface area contributed by atoms with Crippen molar-refractivity contribution < 1.29 is 0 Å². The van der Waals surface area contributed by atoms with Crippen molar-refractivity contribution in [3.8, 4) is 0 Å². The summed E-state index contributed by atoms with van der Waals surface area (Å²) >= 11 is 0. The molecule has 0 atom stereocenters. The van der Waals surface area contributed by atoms with Gasteiger partial charge in [0.2, 0.25) is 0 Å². The van der Waals surface area contributed by atoms with Gasteiger partial charge in [-0.2, -0.15) is 0 Å². The van der Waals surface area contributed by atoms with E-state index in [0.29, 0.717) is 11.4 Å². The number of nitrogens with zero attached hydrogens (tertiary/aromatic N) is 1. The second kappa shape index (κ2) is 4.75. The molecule has 1 heterocycles. The van der Waals surface area contributed by atoms with Crippen molar-refractivity contribution in [3.05, 3.63) is 58.0 Å². The summed E-state index contributed by atoms with van der Waals surface area (Å²) in [7, 11) is 0. The number of pyridine rings is 1. The van der Waals surface area contributed by atoms with Gasteiger partial charge in [0.15, 0.2) is 0 Å².